The second kappa shape index (κ2) is 7.79. The second-order valence-electron chi connectivity index (χ2n) is 6.97. The second-order valence-corrected chi connectivity index (χ2v) is 6.97. The number of hydrogen-bond donors (Lipinski definition) is 0. The van der Waals surface area contributed by atoms with Crippen molar-refractivity contribution in [3.63, 3.8) is 0 Å². The van der Waals surface area contributed by atoms with Crippen LogP contribution in [0.2, 0.25) is 0 Å². The van der Waals surface area contributed by atoms with Crippen molar-refractivity contribution in [3.05, 3.63) is 18.1 Å². The first kappa shape index (κ1) is 18.4. The van der Waals surface area contributed by atoms with E-state index in [-0.39, 0.29) is 12.1 Å². The van der Waals surface area contributed by atoms with Gasteiger partial charge in [-0.25, -0.2) is 14.8 Å². The zero-order valence-corrected chi connectivity index (χ0v) is 15.3. The number of piperazine rings is 1. The van der Waals surface area contributed by atoms with Gasteiger partial charge in [-0.3, -0.25) is 0 Å². The Balaban J connectivity index is 1.99. The van der Waals surface area contributed by atoms with E-state index in [1.807, 2.05) is 33.8 Å². The Morgan fingerprint density at radius 3 is 2.71 bits per heavy atom. The summed E-state index contributed by atoms with van der Waals surface area (Å²) in [6.07, 6.45) is 1.31. The summed E-state index contributed by atoms with van der Waals surface area (Å²) >= 11 is 0. The zero-order valence-electron chi connectivity index (χ0n) is 15.3. The van der Waals surface area contributed by atoms with Gasteiger partial charge in [0.15, 0.2) is 0 Å². The van der Waals surface area contributed by atoms with Crippen molar-refractivity contribution in [2.75, 3.05) is 31.1 Å². The van der Waals surface area contributed by atoms with Gasteiger partial charge in [0.25, 0.3) is 0 Å². The van der Waals surface area contributed by atoms with Crippen LogP contribution in [0.25, 0.3) is 0 Å². The molecule has 7 heteroatoms. The molecule has 0 bridgehead atoms. The predicted molar refractivity (Wildman–Crippen MR) is 92.0 cm³/mol. The lowest BCUT2D eigenvalue weighted by Gasteiger charge is -2.40. The van der Waals surface area contributed by atoms with Crippen molar-refractivity contribution < 1.29 is 14.3 Å². The van der Waals surface area contributed by atoms with E-state index in [1.54, 1.807) is 11.2 Å². The van der Waals surface area contributed by atoms with Gasteiger partial charge in [-0.05, 0) is 34.6 Å². The first-order valence-corrected chi connectivity index (χ1v) is 8.43. The van der Waals surface area contributed by atoms with Crippen molar-refractivity contribution in [1.82, 2.24) is 14.9 Å². The Kier molecular flexibility index (Phi) is 5.99. The Hall–Kier alpha value is -1.89. The van der Waals surface area contributed by atoms with Crippen LogP contribution in [-0.2, 0) is 16.1 Å². The summed E-state index contributed by atoms with van der Waals surface area (Å²) in [6, 6.07) is 2.11. The Bertz CT molecular complexity index is 559. The van der Waals surface area contributed by atoms with E-state index in [9.17, 15) is 4.79 Å². The SMILES string of the molecule is CCOCc1cc(N2CCN(C(=O)OC(C)(C)C)C[C@H]2C)ncn1. The smallest absolute Gasteiger partial charge is 0.410 e. The summed E-state index contributed by atoms with van der Waals surface area (Å²) in [4.78, 5) is 24.8. The van der Waals surface area contributed by atoms with Crippen LogP contribution in [0.1, 0.15) is 40.3 Å². The molecule has 1 amide bonds. The highest BCUT2D eigenvalue weighted by atomic mass is 16.6. The van der Waals surface area contributed by atoms with E-state index in [4.69, 9.17) is 9.47 Å². The number of aromatic nitrogens is 2. The Morgan fingerprint density at radius 1 is 1.33 bits per heavy atom. The highest BCUT2D eigenvalue weighted by Gasteiger charge is 2.30. The van der Waals surface area contributed by atoms with Crippen molar-refractivity contribution in [1.29, 1.82) is 0 Å². The molecule has 0 saturated carbocycles. The molecular formula is C17H28N4O3. The standard InChI is InChI=1S/C17H28N4O3/c1-6-23-11-14-9-15(19-12-18-14)21-8-7-20(10-13(21)2)16(22)24-17(3,4)5/h9,12-13H,6-8,10-11H2,1-5H3/t13-/m1/s1. The molecule has 0 unspecified atom stereocenters. The van der Waals surface area contributed by atoms with Crippen LogP contribution in [0, 0.1) is 0 Å². The van der Waals surface area contributed by atoms with Crippen LogP contribution >= 0.6 is 0 Å². The summed E-state index contributed by atoms with van der Waals surface area (Å²) in [5.41, 5.74) is 0.391. The van der Waals surface area contributed by atoms with Gasteiger partial charge in [0.05, 0.1) is 12.3 Å². The molecule has 2 rings (SSSR count). The molecule has 0 N–H and O–H groups in total. The normalized spacial score (nSPS) is 18.6. The van der Waals surface area contributed by atoms with E-state index in [1.165, 1.54) is 0 Å². The van der Waals surface area contributed by atoms with Gasteiger partial charge in [0.2, 0.25) is 0 Å². The summed E-state index contributed by atoms with van der Waals surface area (Å²) in [6.45, 7) is 12.8. The molecule has 0 aromatic carbocycles. The van der Waals surface area contributed by atoms with Gasteiger partial charge in [0.1, 0.15) is 17.7 Å². The first-order valence-electron chi connectivity index (χ1n) is 8.43. The fourth-order valence-corrected chi connectivity index (χ4v) is 2.62. The van der Waals surface area contributed by atoms with Crippen LogP contribution in [0.5, 0.6) is 0 Å². The predicted octanol–water partition coefficient (Wildman–Crippen LogP) is 2.46. The van der Waals surface area contributed by atoms with Gasteiger partial charge < -0.3 is 19.3 Å². The molecule has 1 aliphatic rings. The maximum Gasteiger partial charge on any atom is 0.410 e. The minimum atomic E-state index is -0.474. The fourth-order valence-electron chi connectivity index (χ4n) is 2.62. The van der Waals surface area contributed by atoms with Crippen molar-refractivity contribution in [2.45, 2.75) is 52.9 Å². The molecule has 1 atom stereocenters. The van der Waals surface area contributed by atoms with Gasteiger partial charge in [-0.2, -0.15) is 0 Å². The third-order valence-corrected chi connectivity index (χ3v) is 3.74. The van der Waals surface area contributed by atoms with Gasteiger partial charge >= 0.3 is 6.09 Å². The van der Waals surface area contributed by atoms with Crippen LogP contribution in [0.3, 0.4) is 0 Å². The lowest BCUT2D eigenvalue weighted by molar-refractivity contribution is 0.0218. The highest BCUT2D eigenvalue weighted by Crippen LogP contribution is 2.20. The molecule has 1 fully saturated rings. The van der Waals surface area contributed by atoms with Crippen LogP contribution in [0.4, 0.5) is 10.6 Å². The summed E-state index contributed by atoms with van der Waals surface area (Å²) < 4.78 is 10.9. The highest BCUT2D eigenvalue weighted by molar-refractivity contribution is 5.68. The maximum atomic E-state index is 12.2. The first-order chi connectivity index (χ1) is 11.3. The molecule has 0 radical (unpaired) electrons. The molecule has 0 spiro atoms. The third-order valence-electron chi connectivity index (χ3n) is 3.74. The van der Waals surface area contributed by atoms with Crippen molar-refractivity contribution in [3.8, 4) is 0 Å². The molecule has 1 aliphatic heterocycles. The number of amides is 1. The van der Waals surface area contributed by atoms with Crippen molar-refractivity contribution in [2.24, 2.45) is 0 Å². The number of carbonyl (C=O) groups is 1. The van der Waals surface area contributed by atoms with Crippen LogP contribution in [-0.4, -0.2) is 58.8 Å². The Morgan fingerprint density at radius 2 is 2.08 bits per heavy atom. The molecular weight excluding hydrogens is 308 g/mol. The average molecular weight is 336 g/mol. The van der Waals surface area contributed by atoms with Gasteiger partial charge in [-0.1, -0.05) is 0 Å². The molecule has 24 heavy (non-hydrogen) atoms. The van der Waals surface area contributed by atoms with Gasteiger partial charge in [0, 0.05) is 38.3 Å². The zero-order chi connectivity index (χ0) is 17.7. The third kappa shape index (κ3) is 5.06. The lowest BCUT2D eigenvalue weighted by atomic mass is 10.2. The topological polar surface area (TPSA) is 67.8 Å². The number of rotatable bonds is 4. The largest absolute Gasteiger partial charge is 0.444 e. The fraction of sp³-hybridized carbons (Fsp3) is 0.706. The molecule has 1 aromatic heterocycles. The summed E-state index contributed by atoms with van der Waals surface area (Å²) in [7, 11) is 0. The minimum Gasteiger partial charge on any atom is -0.444 e. The molecule has 0 aliphatic carbocycles. The minimum absolute atomic E-state index is 0.154. The monoisotopic (exact) mass is 336 g/mol. The van der Waals surface area contributed by atoms with E-state index in [0.717, 1.165) is 11.5 Å². The van der Waals surface area contributed by atoms with E-state index >= 15 is 0 Å². The van der Waals surface area contributed by atoms with E-state index in [0.29, 0.717) is 32.8 Å². The summed E-state index contributed by atoms with van der Waals surface area (Å²) in [5.74, 6) is 0.871. The number of hydrogen-bond acceptors (Lipinski definition) is 6. The molecule has 7 nitrogen and oxygen atoms in total. The number of anilines is 1. The van der Waals surface area contributed by atoms with E-state index in [2.05, 4.69) is 21.8 Å². The van der Waals surface area contributed by atoms with Crippen molar-refractivity contribution >= 4 is 11.9 Å². The quantitative estimate of drug-likeness (QED) is 0.841. The van der Waals surface area contributed by atoms with E-state index < -0.39 is 5.60 Å². The molecule has 1 saturated heterocycles. The lowest BCUT2D eigenvalue weighted by Crippen LogP contribution is -2.54. The summed E-state index contributed by atoms with van der Waals surface area (Å²) in [5, 5.41) is 0. The van der Waals surface area contributed by atoms with Crippen LogP contribution in [0.15, 0.2) is 12.4 Å². The number of carbonyl (C=O) groups excluding carboxylic acids is 1. The Labute approximate surface area is 144 Å². The molecule has 134 valence electrons. The van der Waals surface area contributed by atoms with Gasteiger partial charge in [-0.15, -0.1) is 0 Å². The number of nitrogens with zero attached hydrogens (tertiary/aromatic N) is 4. The molecule has 2 heterocycles. The number of ether oxygens (including phenoxy) is 2. The van der Waals surface area contributed by atoms with Crippen LogP contribution < -0.4 is 4.90 Å². The maximum absolute atomic E-state index is 12.2. The average Bonchev–Trinajstić information content (AvgIpc) is 2.51. The molecule has 1 aromatic rings.